The second-order valence-electron chi connectivity index (χ2n) is 5.17. The Morgan fingerprint density at radius 1 is 1.16 bits per heavy atom. The Hall–Kier alpha value is 0.274. The van der Waals surface area contributed by atoms with Crippen LogP contribution in [0.2, 0.25) is 12.6 Å². The van der Waals surface area contributed by atoms with Crippen LogP contribution in [-0.2, 0) is 18.6 Å². The summed E-state index contributed by atoms with van der Waals surface area (Å²) in [5.41, 5.74) is -0.591. The highest BCUT2D eigenvalue weighted by molar-refractivity contribution is 6.75. The molecule has 0 N–H and O–H groups in total. The minimum Gasteiger partial charge on any atom is -0.411 e. The van der Waals surface area contributed by atoms with E-state index in [9.17, 15) is 0 Å². The molecule has 1 heterocycles. The van der Waals surface area contributed by atoms with Gasteiger partial charge in [0.05, 0.1) is 5.73 Å². The van der Waals surface area contributed by atoms with E-state index in [1.165, 1.54) is 6.42 Å². The van der Waals surface area contributed by atoms with Crippen LogP contribution in [0.1, 0.15) is 33.6 Å². The van der Waals surface area contributed by atoms with Crippen molar-refractivity contribution in [2.24, 2.45) is 0 Å². The van der Waals surface area contributed by atoms with Gasteiger partial charge in [-0.1, -0.05) is 6.42 Å². The third-order valence-corrected chi connectivity index (χ3v) is 9.86. The monoisotopic (exact) mass is 306 g/mol. The van der Waals surface area contributed by atoms with Crippen LogP contribution in [0.25, 0.3) is 0 Å². The van der Waals surface area contributed by atoms with Crippen LogP contribution >= 0.6 is 0 Å². The summed E-state index contributed by atoms with van der Waals surface area (Å²) in [6, 6.07) is 1.10. The van der Waals surface area contributed by atoms with Crippen LogP contribution in [0, 0.1) is 0 Å². The number of ether oxygens (including phenoxy) is 3. The number of hydrogen-bond acceptors (Lipinski definition) is 4. The molecule has 1 aliphatic rings. The third kappa shape index (κ3) is 3.68. The van der Waals surface area contributed by atoms with Crippen molar-refractivity contribution in [1.29, 1.82) is 0 Å². The first-order valence-corrected chi connectivity index (χ1v) is 11.4. The highest BCUT2D eigenvalue weighted by atomic mass is 28.4. The smallest absolute Gasteiger partial charge is 0.257 e. The van der Waals surface area contributed by atoms with E-state index in [1.54, 1.807) is 0 Å². The van der Waals surface area contributed by atoms with Crippen molar-refractivity contribution >= 4 is 18.6 Å². The van der Waals surface area contributed by atoms with Gasteiger partial charge in [0.2, 0.25) is 5.41 Å². The van der Waals surface area contributed by atoms with E-state index in [4.69, 9.17) is 18.6 Å². The van der Waals surface area contributed by atoms with Gasteiger partial charge in [0, 0.05) is 36.7 Å². The van der Waals surface area contributed by atoms with Gasteiger partial charge in [-0.2, -0.15) is 0 Å². The van der Waals surface area contributed by atoms with Crippen LogP contribution in [-0.4, -0.2) is 56.1 Å². The SMILES string of the molecule is CCOC([SiH3])C(OCC)(OCC)[Si]1(C)CCCCO1. The Morgan fingerprint density at radius 2 is 1.79 bits per heavy atom. The molecule has 4 nitrogen and oxygen atoms in total. The zero-order chi connectivity index (χ0) is 14.4. The van der Waals surface area contributed by atoms with E-state index in [0.717, 1.165) is 29.3 Å². The van der Waals surface area contributed by atoms with Gasteiger partial charge in [0.15, 0.2) is 0 Å². The molecule has 2 unspecified atom stereocenters. The summed E-state index contributed by atoms with van der Waals surface area (Å²) in [7, 11) is -1.21. The first-order chi connectivity index (χ1) is 9.06. The lowest BCUT2D eigenvalue weighted by atomic mass is 10.4. The third-order valence-electron chi connectivity index (χ3n) is 3.88. The maximum Gasteiger partial charge on any atom is 0.257 e. The van der Waals surface area contributed by atoms with E-state index in [0.29, 0.717) is 19.8 Å². The first kappa shape index (κ1) is 17.3. The van der Waals surface area contributed by atoms with Gasteiger partial charge in [-0.15, -0.1) is 0 Å². The Labute approximate surface area is 121 Å². The normalized spacial score (nSPS) is 26.5. The van der Waals surface area contributed by atoms with Crippen molar-refractivity contribution in [1.82, 2.24) is 0 Å². The van der Waals surface area contributed by atoms with Crippen molar-refractivity contribution in [2.45, 2.75) is 57.3 Å². The van der Waals surface area contributed by atoms with Gasteiger partial charge in [-0.25, -0.2) is 0 Å². The summed E-state index contributed by atoms with van der Waals surface area (Å²) < 4.78 is 24.4. The molecule has 1 saturated heterocycles. The quantitative estimate of drug-likeness (QED) is 0.502. The van der Waals surface area contributed by atoms with E-state index in [2.05, 4.69) is 6.55 Å². The average molecular weight is 307 g/mol. The maximum atomic E-state index is 6.23. The molecular weight excluding hydrogens is 276 g/mol. The number of hydrogen-bond donors (Lipinski definition) is 0. The Kier molecular flexibility index (Phi) is 7.20. The Morgan fingerprint density at radius 3 is 2.21 bits per heavy atom. The molecular formula is C13H30O4Si2. The lowest BCUT2D eigenvalue weighted by Crippen LogP contribution is -2.69. The second-order valence-corrected chi connectivity index (χ2v) is 10.2. The molecule has 114 valence electrons. The van der Waals surface area contributed by atoms with Gasteiger partial charge >= 0.3 is 0 Å². The fourth-order valence-corrected chi connectivity index (χ4v) is 9.56. The molecule has 2 atom stereocenters. The fourth-order valence-electron chi connectivity index (χ4n) is 3.01. The van der Waals surface area contributed by atoms with Crippen molar-refractivity contribution in [3.8, 4) is 0 Å². The molecule has 0 aromatic carbocycles. The summed E-state index contributed by atoms with van der Waals surface area (Å²) in [5.74, 6) is 0. The lowest BCUT2D eigenvalue weighted by Gasteiger charge is -2.49. The molecule has 0 amide bonds. The summed E-state index contributed by atoms with van der Waals surface area (Å²) in [6.45, 7) is 11.1. The molecule has 0 aromatic heterocycles. The molecule has 6 heteroatoms. The minimum absolute atomic E-state index is 0.0344. The molecule has 0 spiro atoms. The van der Waals surface area contributed by atoms with E-state index in [1.807, 2.05) is 20.8 Å². The van der Waals surface area contributed by atoms with E-state index >= 15 is 0 Å². The van der Waals surface area contributed by atoms with Gasteiger partial charge in [-0.3, -0.25) is 0 Å². The van der Waals surface area contributed by atoms with Crippen LogP contribution in [0.5, 0.6) is 0 Å². The van der Waals surface area contributed by atoms with Gasteiger partial charge in [-0.05, 0) is 39.8 Å². The predicted octanol–water partition coefficient (Wildman–Crippen LogP) is 1.41. The highest BCUT2D eigenvalue weighted by Crippen LogP contribution is 2.38. The van der Waals surface area contributed by atoms with Crippen molar-refractivity contribution in [2.75, 3.05) is 26.4 Å². The van der Waals surface area contributed by atoms with Crippen LogP contribution < -0.4 is 0 Å². The molecule has 1 fully saturated rings. The summed E-state index contributed by atoms with van der Waals surface area (Å²) >= 11 is 0. The van der Waals surface area contributed by atoms with Crippen LogP contribution in [0.15, 0.2) is 0 Å². The van der Waals surface area contributed by atoms with Gasteiger partial charge < -0.3 is 18.6 Å². The standard InChI is InChI=1S/C13H30O4Si2/c1-5-14-12(18)13(15-6-2,16-7-3)19(4)11-9-8-10-17-19/h12H,5-11H2,1-4,18H3. The summed E-state index contributed by atoms with van der Waals surface area (Å²) in [5, 5.41) is 0. The molecule has 0 radical (unpaired) electrons. The molecule has 0 aromatic rings. The van der Waals surface area contributed by atoms with Crippen molar-refractivity contribution < 1.29 is 18.6 Å². The van der Waals surface area contributed by atoms with Crippen molar-refractivity contribution in [3.63, 3.8) is 0 Å². The minimum atomic E-state index is -2.09. The Bertz CT molecular complexity index is 251. The highest BCUT2D eigenvalue weighted by Gasteiger charge is 2.58. The maximum absolute atomic E-state index is 6.23. The molecule has 0 bridgehead atoms. The lowest BCUT2D eigenvalue weighted by molar-refractivity contribution is -0.230. The Balaban J connectivity index is 3.05. The van der Waals surface area contributed by atoms with E-state index in [-0.39, 0.29) is 5.73 Å². The molecule has 0 saturated carbocycles. The number of rotatable bonds is 8. The summed E-state index contributed by atoms with van der Waals surface area (Å²) in [4.78, 5) is 0. The topological polar surface area (TPSA) is 36.9 Å². The van der Waals surface area contributed by atoms with Crippen molar-refractivity contribution in [3.05, 3.63) is 0 Å². The largest absolute Gasteiger partial charge is 0.411 e. The molecule has 19 heavy (non-hydrogen) atoms. The summed E-state index contributed by atoms with van der Waals surface area (Å²) in [6.07, 6.45) is 2.36. The molecule has 1 aliphatic heterocycles. The zero-order valence-electron chi connectivity index (χ0n) is 13.2. The van der Waals surface area contributed by atoms with Crippen LogP contribution in [0.3, 0.4) is 0 Å². The van der Waals surface area contributed by atoms with Crippen LogP contribution in [0.4, 0.5) is 0 Å². The van der Waals surface area contributed by atoms with E-state index < -0.39 is 13.7 Å². The fraction of sp³-hybridized carbons (Fsp3) is 1.00. The van der Waals surface area contributed by atoms with Gasteiger partial charge in [0.1, 0.15) is 0 Å². The zero-order valence-corrected chi connectivity index (χ0v) is 16.2. The van der Waals surface area contributed by atoms with Gasteiger partial charge in [0.25, 0.3) is 8.32 Å². The first-order valence-electron chi connectivity index (χ1n) is 7.59. The molecule has 1 rings (SSSR count). The molecule has 0 aliphatic carbocycles. The average Bonchev–Trinajstić information content (AvgIpc) is 2.39. The second kappa shape index (κ2) is 7.90. The predicted molar refractivity (Wildman–Crippen MR) is 82.9 cm³/mol.